The van der Waals surface area contributed by atoms with E-state index in [0.29, 0.717) is 12.2 Å². The minimum absolute atomic E-state index is 0.0803. The lowest BCUT2D eigenvalue weighted by molar-refractivity contribution is 0.0955. The second-order valence-electron chi connectivity index (χ2n) is 9.66. The predicted octanol–water partition coefficient (Wildman–Crippen LogP) is 5.81. The van der Waals surface area contributed by atoms with Crippen LogP contribution in [0.25, 0.3) is 10.8 Å². The number of hydrogen-bond donors (Lipinski definition) is 2. The van der Waals surface area contributed by atoms with Crippen molar-refractivity contribution in [2.24, 2.45) is 5.10 Å². The second-order valence-corrected chi connectivity index (χ2v) is 10.5. The predicted molar refractivity (Wildman–Crippen MR) is 161 cm³/mol. The van der Waals surface area contributed by atoms with Gasteiger partial charge in [0.2, 0.25) is 0 Å². The van der Waals surface area contributed by atoms with Crippen LogP contribution in [0.1, 0.15) is 21.5 Å². The summed E-state index contributed by atoms with van der Waals surface area (Å²) in [5.74, 6) is 0.313. The highest BCUT2D eigenvalue weighted by Gasteiger charge is 2.17. The number of phenols is 1. The van der Waals surface area contributed by atoms with Gasteiger partial charge in [0.1, 0.15) is 18.1 Å². The van der Waals surface area contributed by atoms with Gasteiger partial charge >= 0.3 is 0 Å². The fourth-order valence-corrected chi connectivity index (χ4v) is 5.02. The van der Waals surface area contributed by atoms with Gasteiger partial charge in [-0.25, -0.2) is 5.43 Å². The largest absolute Gasteiger partial charge is 0.506 e. The Balaban J connectivity index is 1.14. The summed E-state index contributed by atoms with van der Waals surface area (Å²) in [6, 6.07) is 24.2. The highest BCUT2D eigenvalue weighted by atomic mass is 35.5. The summed E-state index contributed by atoms with van der Waals surface area (Å²) in [5, 5.41) is 16.5. The number of amides is 1. The van der Waals surface area contributed by atoms with E-state index in [4.69, 9.17) is 27.9 Å². The maximum atomic E-state index is 12.4. The number of nitrogens with zero attached hydrogens (tertiary/aromatic N) is 3. The zero-order chi connectivity index (χ0) is 27.9. The molecule has 0 aromatic heterocycles. The highest BCUT2D eigenvalue weighted by molar-refractivity contribution is 6.32. The number of carbonyl (C=O) groups is 1. The molecule has 0 spiro atoms. The van der Waals surface area contributed by atoms with Crippen molar-refractivity contribution >= 4 is 46.1 Å². The minimum Gasteiger partial charge on any atom is -0.506 e. The second kappa shape index (κ2) is 13.2. The third-order valence-corrected chi connectivity index (χ3v) is 7.50. The molecule has 0 saturated carbocycles. The molecule has 1 aliphatic heterocycles. The van der Waals surface area contributed by atoms with Gasteiger partial charge in [-0.3, -0.25) is 14.6 Å². The zero-order valence-electron chi connectivity index (χ0n) is 21.9. The Morgan fingerprint density at radius 2 is 1.65 bits per heavy atom. The van der Waals surface area contributed by atoms with Gasteiger partial charge in [0.25, 0.3) is 5.91 Å². The van der Waals surface area contributed by atoms with E-state index in [0.717, 1.165) is 66.4 Å². The first kappa shape index (κ1) is 27.9. The van der Waals surface area contributed by atoms with Gasteiger partial charge in [-0.05, 0) is 53.4 Å². The van der Waals surface area contributed by atoms with Crippen molar-refractivity contribution in [2.75, 3.05) is 39.3 Å². The lowest BCUT2D eigenvalue weighted by atomic mass is 10.0. The molecule has 206 valence electrons. The van der Waals surface area contributed by atoms with E-state index in [1.54, 1.807) is 6.21 Å². The van der Waals surface area contributed by atoms with E-state index < -0.39 is 5.91 Å². The van der Waals surface area contributed by atoms with Gasteiger partial charge in [0, 0.05) is 60.8 Å². The van der Waals surface area contributed by atoms with Crippen LogP contribution in [0, 0.1) is 0 Å². The number of nitrogens with one attached hydrogen (secondary N) is 1. The van der Waals surface area contributed by atoms with E-state index in [-0.39, 0.29) is 10.8 Å². The maximum absolute atomic E-state index is 12.4. The number of phenolic OH excluding ortho intramolecular Hbond substituents is 1. The molecule has 1 amide bonds. The normalized spacial score (nSPS) is 14.6. The van der Waals surface area contributed by atoms with Crippen molar-refractivity contribution in [3.63, 3.8) is 0 Å². The van der Waals surface area contributed by atoms with Crippen LogP contribution >= 0.6 is 23.2 Å². The average molecular weight is 578 g/mol. The van der Waals surface area contributed by atoms with E-state index >= 15 is 0 Å². The Bertz CT molecular complexity index is 1500. The van der Waals surface area contributed by atoms with E-state index in [1.165, 1.54) is 23.8 Å². The number of aromatic hydroxyl groups is 1. The van der Waals surface area contributed by atoms with Crippen LogP contribution in [0.15, 0.2) is 84.0 Å². The molecule has 0 bridgehead atoms. The minimum atomic E-state index is -0.423. The van der Waals surface area contributed by atoms with Crippen LogP contribution in [0.5, 0.6) is 11.5 Å². The van der Waals surface area contributed by atoms with Crippen LogP contribution < -0.4 is 10.2 Å². The van der Waals surface area contributed by atoms with E-state index in [2.05, 4.69) is 32.5 Å². The molecule has 1 aliphatic rings. The fourth-order valence-electron chi connectivity index (χ4n) is 4.71. The maximum Gasteiger partial charge on any atom is 0.271 e. The molecule has 5 rings (SSSR count). The molecule has 1 saturated heterocycles. The Morgan fingerprint density at radius 3 is 2.40 bits per heavy atom. The van der Waals surface area contributed by atoms with Gasteiger partial charge in [-0.1, -0.05) is 59.6 Å². The van der Waals surface area contributed by atoms with E-state index in [1.807, 2.05) is 48.5 Å². The molecule has 0 unspecified atom stereocenters. The third kappa shape index (κ3) is 7.11. The van der Waals surface area contributed by atoms with Crippen LogP contribution in [-0.2, 0) is 6.54 Å². The topological polar surface area (TPSA) is 77.4 Å². The summed E-state index contributed by atoms with van der Waals surface area (Å²) >= 11 is 11.9. The molecule has 0 aliphatic carbocycles. The lowest BCUT2D eigenvalue weighted by Crippen LogP contribution is -2.47. The molecule has 4 aromatic rings. The molecule has 1 fully saturated rings. The standard InChI is InChI=1S/C31H30Cl2N4O3/c32-25-9-5-22(6-10-25)21-37-15-13-36(14-16-37)17-18-40-30-12-8-24(26-3-1-2-4-27(26)30)20-34-35-31(39)23-7-11-29(38)28(33)19-23/h1-12,19-20,38H,13-18,21H2,(H,35,39)/b34-20+. The van der Waals surface area contributed by atoms with Crippen LogP contribution in [-0.4, -0.2) is 66.4 Å². The molecule has 7 nitrogen and oxygen atoms in total. The van der Waals surface area contributed by atoms with Crippen molar-refractivity contribution in [3.8, 4) is 11.5 Å². The Morgan fingerprint density at radius 1 is 0.925 bits per heavy atom. The summed E-state index contributed by atoms with van der Waals surface area (Å²) in [4.78, 5) is 17.3. The third-order valence-electron chi connectivity index (χ3n) is 6.95. The number of piperazine rings is 1. The fraction of sp³-hybridized carbons (Fsp3) is 0.226. The number of fused-ring (bicyclic) bond motifs is 1. The van der Waals surface area contributed by atoms with Crippen LogP contribution in [0.4, 0.5) is 0 Å². The smallest absolute Gasteiger partial charge is 0.271 e. The Kier molecular flexibility index (Phi) is 9.19. The van der Waals surface area contributed by atoms with Crippen molar-refractivity contribution in [2.45, 2.75) is 6.54 Å². The lowest BCUT2D eigenvalue weighted by Gasteiger charge is -2.34. The summed E-state index contributed by atoms with van der Waals surface area (Å²) < 4.78 is 6.22. The van der Waals surface area contributed by atoms with Gasteiger partial charge in [0.15, 0.2) is 0 Å². The van der Waals surface area contributed by atoms with Crippen molar-refractivity contribution < 1.29 is 14.6 Å². The molecule has 0 radical (unpaired) electrons. The number of hydrogen-bond acceptors (Lipinski definition) is 6. The SMILES string of the molecule is O=C(N/N=C/c1ccc(OCCN2CCN(Cc3ccc(Cl)cc3)CC2)c2ccccc12)c1ccc(O)c(Cl)c1. The molecular weight excluding hydrogens is 547 g/mol. The number of rotatable bonds is 9. The number of hydrazone groups is 1. The number of benzene rings is 4. The molecule has 9 heteroatoms. The van der Waals surface area contributed by atoms with E-state index in [9.17, 15) is 9.90 Å². The quantitative estimate of drug-likeness (QED) is 0.194. The molecule has 1 heterocycles. The van der Waals surface area contributed by atoms with Crippen molar-refractivity contribution in [1.82, 2.24) is 15.2 Å². The number of ether oxygens (including phenoxy) is 1. The first-order chi connectivity index (χ1) is 19.5. The summed E-state index contributed by atoms with van der Waals surface area (Å²) in [6.45, 7) is 6.47. The van der Waals surface area contributed by atoms with Gasteiger partial charge < -0.3 is 9.84 Å². The molecule has 4 aromatic carbocycles. The summed E-state index contributed by atoms with van der Waals surface area (Å²) in [7, 11) is 0. The van der Waals surface area contributed by atoms with Gasteiger partial charge in [-0.2, -0.15) is 5.10 Å². The van der Waals surface area contributed by atoms with Crippen molar-refractivity contribution in [3.05, 3.63) is 106 Å². The molecule has 2 N–H and O–H groups in total. The Hall–Kier alpha value is -3.62. The zero-order valence-corrected chi connectivity index (χ0v) is 23.4. The first-order valence-corrected chi connectivity index (χ1v) is 13.9. The number of carbonyl (C=O) groups excluding carboxylic acids is 1. The highest BCUT2D eigenvalue weighted by Crippen LogP contribution is 2.28. The number of halogens is 2. The van der Waals surface area contributed by atoms with Gasteiger partial charge in [0.05, 0.1) is 11.2 Å². The average Bonchev–Trinajstić information content (AvgIpc) is 2.97. The molecular formula is C31H30Cl2N4O3. The summed E-state index contributed by atoms with van der Waals surface area (Å²) in [5.41, 5.74) is 4.94. The van der Waals surface area contributed by atoms with Crippen molar-refractivity contribution in [1.29, 1.82) is 0 Å². The molecule has 0 atom stereocenters. The molecule has 40 heavy (non-hydrogen) atoms. The monoisotopic (exact) mass is 576 g/mol. The Labute approximate surface area is 243 Å². The van der Waals surface area contributed by atoms with Gasteiger partial charge in [-0.15, -0.1) is 0 Å². The van der Waals surface area contributed by atoms with Crippen LogP contribution in [0.2, 0.25) is 10.0 Å². The first-order valence-electron chi connectivity index (χ1n) is 13.1. The summed E-state index contributed by atoms with van der Waals surface area (Å²) in [6.07, 6.45) is 1.61. The van der Waals surface area contributed by atoms with Crippen LogP contribution in [0.3, 0.4) is 0 Å².